The fraction of sp³-hybridized carbons (Fsp3) is 0.174. The molecule has 0 bridgehead atoms. The lowest BCUT2D eigenvalue weighted by Gasteiger charge is -2.18. The zero-order chi connectivity index (χ0) is 23.3. The van der Waals surface area contributed by atoms with Crippen molar-refractivity contribution in [3.05, 3.63) is 93.7 Å². The maximum Gasteiger partial charge on any atom is 0.319 e. The number of aromatic hydroxyl groups is 1. The summed E-state index contributed by atoms with van der Waals surface area (Å²) in [5.74, 6) is -1.96. The van der Waals surface area contributed by atoms with Crippen LogP contribution in [0.2, 0.25) is 0 Å². The van der Waals surface area contributed by atoms with Crippen molar-refractivity contribution in [2.24, 2.45) is 0 Å². The number of nitrogens with zero attached hydrogens (tertiary/aromatic N) is 1. The van der Waals surface area contributed by atoms with Gasteiger partial charge in [0.2, 0.25) is 0 Å². The molecule has 2 amide bonds. The Labute approximate surface area is 183 Å². The van der Waals surface area contributed by atoms with Gasteiger partial charge in [-0.15, -0.1) is 0 Å². The van der Waals surface area contributed by atoms with Gasteiger partial charge in [0.05, 0.1) is 19.0 Å². The van der Waals surface area contributed by atoms with Gasteiger partial charge in [0.1, 0.15) is 11.6 Å². The van der Waals surface area contributed by atoms with E-state index >= 15 is 0 Å². The number of hydrogen-bond acceptors (Lipinski definition) is 4. The van der Waals surface area contributed by atoms with E-state index in [4.69, 9.17) is 0 Å². The Balaban J connectivity index is 1.79. The van der Waals surface area contributed by atoms with Crippen molar-refractivity contribution < 1.29 is 24.2 Å². The quantitative estimate of drug-likeness (QED) is 0.450. The van der Waals surface area contributed by atoms with E-state index in [-0.39, 0.29) is 18.7 Å². The van der Waals surface area contributed by atoms with Gasteiger partial charge in [-0.05, 0) is 36.2 Å². The molecule has 0 saturated carbocycles. The maximum atomic E-state index is 13.1. The van der Waals surface area contributed by atoms with Crippen molar-refractivity contribution in [2.45, 2.75) is 25.9 Å². The number of hydrogen-bond donors (Lipinski definition) is 4. The highest BCUT2D eigenvalue weighted by Gasteiger charge is 2.20. The van der Waals surface area contributed by atoms with Crippen molar-refractivity contribution in [2.75, 3.05) is 5.32 Å². The molecule has 0 aliphatic rings. The Hall–Kier alpha value is -4.14. The van der Waals surface area contributed by atoms with E-state index in [1.165, 1.54) is 41.1 Å². The number of nitrogens with one attached hydrogen (secondary N) is 2. The van der Waals surface area contributed by atoms with Gasteiger partial charge in [-0.1, -0.05) is 42.0 Å². The topological polar surface area (TPSA) is 121 Å². The van der Waals surface area contributed by atoms with Crippen molar-refractivity contribution in [1.82, 2.24) is 9.88 Å². The van der Waals surface area contributed by atoms with Crippen molar-refractivity contribution in [3.63, 3.8) is 0 Å². The molecule has 0 unspecified atom stereocenters. The predicted molar refractivity (Wildman–Crippen MR) is 116 cm³/mol. The number of anilines is 1. The average Bonchev–Trinajstić information content (AvgIpc) is 2.74. The standard InChI is InChI=1S/C23H22FN3O5/c1-14-2-6-16(7-3-14)18(12-20(29)30)25-23(32)26-21-19(28)10-11-27(22(21)31)13-15-4-8-17(24)9-5-15/h2-11,18,28H,12-13H2,1H3,(H,29,30)(H2,25,26,32)/t18-/m0/s1. The van der Waals surface area contributed by atoms with Crippen LogP contribution in [0.5, 0.6) is 5.75 Å². The molecule has 166 valence electrons. The normalized spacial score (nSPS) is 11.6. The summed E-state index contributed by atoms with van der Waals surface area (Å²) in [6.07, 6.45) is 0.982. The third-order valence-corrected chi connectivity index (χ3v) is 4.81. The molecule has 3 rings (SSSR count). The molecule has 3 aromatic rings. The molecule has 1 heterocycles. The number of rotatable bonds is 7. The molecule has 1 atom stereocenters. The Morgan fingerprint density at radius 2 is 1.72 bits per heavy atom. The largest absolute Gasteiger partial charge is 0.505 e. The number of pyridine rings is 1. The van der Waals surface area contributed by atoms with E-state index in [0.717, 1.165) is 5.56 Å². The summed E-state index contributed by atoms with van der Waals surface area (Å²) in [6, 6.07) is 12.1. The molecule has 8 nitrogen and oxygen atoms in total. The van der Waals surface area contributed by atoms with Crippen LogP contribution in [0.3, 0.4) is 0 Å². The Morgan fingerprint density at radius 1 is 1.06 bits per heavy atom. The second-order valence-electron chi connectivity index (χ2n) is 7.30. The van der Waals surface area contributed by atoms with E-state index in [9.17, 15) is 29.0 Å². The molecule has 0 fully saturated rings. The van der Waals surface area contributed by atoms with Crippen LogP contribution in [0.4, 0.5) is 14.9 Å². The summed E-state index contributed by atoms with van der Waals surface area (Å²) in [5, 5.41) is 24.1. The van der Waals surface area contributed by atoms with Gasteiger partial charge >= 0.3 is 12.0 Å². The molecule has 0 radical (unpaired) electrons. The van der Waals surface area contributed by atoms with Gasteiger partial charge in [-0.2, -0.15) is 0 Å². The number of carboxylic acids is 1. The Kier molecular flexibility index (Phi) is 6.89. The lowest BCUT2D eigenvalue weighted by Crippen LogP contribution is -2.36. The number of benzene rings is 2. The molecule has 0 saturated heterocycles. The molecular formula is C23H22FN3O5. The highest BCUT2D eigenvalue weighted by Crippen LogP contribution is 2.20. The molecular weight excluding hydrogens is 417 g/mol. The highest BCUT2D eigenvalue weighted by atomic mass is 19.1. The minimum atomic E-state index is -1.11. The van der Waals surface area contributed by atoms with Crippen molar-refractivity contribution >= 4 is 17.7 Å². The van der Waals surface area contributed by atoms with Crippen LogP contribution in [0.15, 0.2) is 65.6 Å². The first-order valence-corrected chi connectivity index (χ1v) is 9.75. The monoisotopic (exact) mass is 439 g/mol. The van der Waals surface area contributed by atoms with Gasteiger partial charge in [-0.3, -0.25) is 9.59 Å². The molecule has 32 heavy (non-hydrogen) atoms. The number of halogens is 1. The van der Waals surface area contributed by atoms with Crippen LogP contribution >= 0.6 is 0 Å². The Morgan fingerprint density at radius 3 is 2.34 bits per heavy atom. The second-order valence-corrected chi connectivity index (χ2v) is 7.30. The molecule has 0 aliphatic carbocycles. The van der Waals surface area contributed by atoms with Crippen LogP contribution in [-0.4, -0.2) is 26.8 Å². The van der Waals surface area contributed by atoms with Gasteiger partial charge in [-0.25, -0.2) is 9.18 Å². The number of aryl methyl sites for hydroxylation is 1. The van der Waals surface area contributed by atoms with E-state index in [2.05, 4.69) is 10.6 Å². The summed E-state index contributed by atoms with van der Waals surface area (Å²) in [5.41, 5.74) is 1.18. The molecule has 0 aliphatic heterocycles. The zero-order valence-electron chi connectivity index (χ0n) is 17.2. The van der Waals surface area contributed by atoms with E-state index in [0.29, 0.717) is 11.1 Å². The smallest absolute Gasteiger partial charge is 0.319 e. The molecule has 9 heteroatoms. The number of carbonyl (C=O) groups is 2. The van der Waals surface area contributed by atoms with E-state index in [1.54, 1.807) is 24.3 Å². The molecule has 2 aromatic carbocycles. The molecule has 0 spiro atoms. The van der Waals surface area contributed by atoms with Crippen LogP contribution in [0.25, 0.3) is 0 Å². The number of urea groups is 1. The van der Waals surface area contributed by atoms with Crippen LogP contribution < -0.4 is 16.2 Å². The fourth-order valence-corrected chi connectivity index (χ4v) is 3.13. The summed E-state index contributed by atoms with van der Waals surface area (Å²) in [4.78, 5) is 36.5. The fourth-order valence-electron chi connectivity index (χ4n) is 3.13. The first kappa shape index (κ1) is 22.5. The number of carbonyl (C=O) groups excluding carboxylic acids is 1. The SMILES string of the molecule is Cc1ccc([C@H](CC(=O)O)NC(=O)Nc2c(O)ccn(Cc3ccc(F)cc3)c2=O)cc1. The number of aliphatic carboxylic acids is 1. The first-order valence-electron chi connectivity index (χ1n) is 9.75. The lowest BCUT2D eigenvalue weighted by molar-refractivity contribution is -0.137. The third kappa shape index (κ3) is 5.72. The van der Waals surface area contributed by atoms with Crippen molar-refractivity contribution in [3.8, 4) is 5.75 Å². The maximum absolute atomic E-state index is 13.1. The third-order valence-electron chi connectivity index (χ3n) is 4.81. The summed E-state index contributed by atoms with van der Waals surface area (Å²) in [7, 11) is 0. The summed E-state index contributed by atoms with van der Waals surface area (Å²) in [6.45, 7) is 1.98. The number of amides is 2. The van der Waals surface area contributed by atoms with Gasteiger partial charge in [0.15, 0.2) is 5.69 Å². The van der Waals surface area contributed by atoms with Crippen LogP contribution in [-0.2, 0) is 11.3 Å². The van der Waals surface area contributed by atoms with E-state index < -0.39 is 35.2 Å². The predicted octanol–water partition coefficient (Wildman–Crippen LogP) is 3.39. The molecule has 4 N–H and O–H groups in total. The van der Waals surface area contributed by atoms with Crippen molar-refractivity contribution in [1.29, 1.82) is 0 Å². The van der Waals surface area contributed by atoms with Crippen LogP contribution in [0, 0.1) is 12.7 Å². The number of aromatic nitrogens is 1. The second kappa shape index (κ2) is 9.78. The highest BCUT2D eigenvalue weighted by molar-refractivity contribution is 5.91. The van der Waals surface area contributed by atoms with Gasteiger partial charge in [0, 0.05) is 6.20 Å². The number of carboxylic acid groups (broad SMARTS) is 1. The lowest BCUT2D eigenvalue weighted by atomic mass is 10.0. The van der Waals surface area contributed by atoms with Gasteiger partial charge < -0.3 is 25.4 Å². The zero-order valence-corrected chi connectivity index (χ0v) is 17.2. The summed E-state index contributed by atoms with van der Waals surface area (Å²) < 4.78 is 14.3. The minimum Gasteiger partial charge on any atom is -0.505 e. The molecule has 1 aromatic heterocycles. The van der Waals surface area contributed by atoms with E-state index in [1.807, 2.05) is 6.92 Å². The van der Waals surface area contributed by atoms with Crippen LogP contribution in [0.1, 0.15) is 29.2 Å². The summed E-state index contributed by atoms with van der Waals surface area (Å²) >= 11 is 0. The average molecular weight is 439 g/mol. The van der Waals surface area contributed by atoms with Gasteiger partial charge in [0.25, 0.3) is 5.56 Å². The Bertz CT molecular complexity index is 1170. The minimum absolute atomic E-state index is 0.0979. The first-order chi connectivity index (χ1) is 15.2.